The smallest absolute Gasteiger partial charge is 0.427 e. The van der Waals surface area contributed by atoms with Crippen LogP contribution in [0.2, 0.25) is 0 Å². The number of carbonyl (C=O) groups is 1. The van der Waals surface area contributed by atoms with Crippen LogP contribution in [0.25, 0.3) is 5.57 Å². The molecule has 23 heavy (non-hydrogen) atoms. The molecule has 5 nitrogen and oxygen atoms in total. The molecule has 0 aliphatic heterocycles. The molecule has 1 aromatic carbocycles. The molecule has 1 heterocycles. The van der Waals surface area contributed by atoms with Crippen molar-refractivity contribution in [3.63, 3.8) is 0 Å². The minimum Gasteiger partial charge on any atom is -0.503 e. The highest BCUT2D eigenvalue weighted by Crippen LogP contribution is 2.38. The van der Waals surface area contributed by atoms with E-state index in [9.17, 15) is 23.1 Å². The van der Waals surface area contributed by atoms with Crippen molar-refractivity contribution in [1.29, 1.82) is 0 Å². The Balaban J connectivity index is 2.36. The van der Waals surface area contributed by atoms with Crippen molar-refractivity contribution < 1.29 is 32.5 Å². The largest absolute Gasteiger partial charge is 0.503 e. The monoisotopic (exact) mass is 345 g/mol. The molecule has 0 atom stereocenters. The predicted molar refractivity (Wildman–Crippen MR) is 76.3 cm³/mol. The van der Waals surface area contributed by atoms with Crippen molar-refractivity contribution in [1.82, 2.24) is 4.98 Å². The fourth-order valence-electron chi connectivity index (χ4n) is 1.66. The van der Waals surface area contributed by atoms with E-state index in [-0.39, 0.29) is 22.1 Å². The van der Waals surface area contributed by atoms with E-state index >= 15 is 0 Å². The van der Waals surface area contributed by atoms with E-state index in [1.54, 1.807) is 12.1 Å². The Morgan fingerprint density at radius 2 is 2.04 bits per heavy atom. The lowest BCUT2D eigenvalue weighted by Gasteiger charge is -2.09. The number of hydrogen-bond acceptors (Lipinski definition) is 5. The molecule has 9 heteroatoms. The first kappa shape index (κ1) is 16.8. The SMILES string of the molecule is CO/C=C(/C(=O)O)c1ccccc1Oc1ncc(C(F)(F)F)s1. The molecule has 0 saturated heterocycles. The van der Waals surface area contributed by atoms with Crippen LogP contribution in [0.1, 0.15) is 10.4 Å². The lowest BCUT2D eigenvalue weighted by atomic mass is 10.1. The second-order valence-corrected chi connectivity index (χ2v) is 5.15. The molecular weight excluding hydrogens is 335 g/mol. The molecule has 1 N–H and O–H groups in total. The van der Waals surface area contributed by atoms with Gasteiger partial charge in [0, 0.05) is 5.56 Å². The second-order valence-electron chi connectivity index (χ2n) is 4.16. The summed E-state index contributed by atoms with van der Waals surface area (Å²) < 4.78 is 47.7. The number of aromatic nitrogens is 1. The van der Waals surface area contributed by atoms with Gasteiger partial charge < -0.3 is 14.6 Å². The average Bonchev–Trinajstić information content (AvgIpc) is 2.94. The van der Waals surface area contributed by atoms with Gasteiger partial charge in [0.25, 0.3) is 5.19 Å². The molecule has 0 saturated carbocycles. The van der Waals surface area contributed by atoms with Gasteiger partial charge in [0.2, 0.25) is 0 Å². The number of para-hydroxylation sites is 1. The number of rotatable bonds is 5. The van der Waals surface area contributed by atoms with E-state index in [0.717, 1.165) is 6.26 Å². The van der Waals surface area contributed by atoms with E-state index in [1.807, 2.05) is 0 Å². The Morgan fingerprint density at radius 1 is 1.35 bits per heavy atom. The third-order valence-electron chi connectivity index (χ3n) is 2.60. The summed E-state index contributed by atoms with van der Waals surface area (Å²) in [7, 11) is 1.28. The van der Waals surface area contributed by atoms with E-state index < -0.39 is 17.0 Å². The van der Waals surface area contributed by atoms with Crippen molar-refractivity contribution in [3.8, 4) is 10.9 Å². The average molecular weight is 345 g/mol. The van der Waals surface area contributed by atoms with Crippen molar-refractivity contribution >= 4 is 22.9 Å². The third kappa shape index (κ3) is 4.01. The van der Waals surface area contributed by atoms with Crippen LogP contribution < -0.4 is 4.74 Å². The fourth-order valence-corrected chi connectivity index (χ4v) is 2.30. The third-order valence-corrected chi connectivity index (χ3v) is 3.52. The molecule has 0 spiro atoms. The zero-order valence-corrected chi connectivity index (χ0v) is 12.4. The summed E-state index contributed by atoms with van der Waals surface area (Å²) in [6.45, 7) is 0. The van der Waals surface area contributed by atoms with Gasteiger partial charge in [-0.2, -0.15) is 13.2 Å². The minimum absolute atomic E-state index is 0.0567. The van der Waals surface area contributed by atoms with Gasteiger partial charge >= 0.3 is 12.1 Å². The number of benzene rings is 1. The van der Waals surface area contributed by atoms with Crippen molar-refractivity contribution in [3.05, 3.63) is 47.2 Å². The summed E-state index contributed by atoms with van der Waals surface area (Å²) in [5.41, 5.74) is -0.0405. The summed E-state index contributed by atoms with van der Waals surface area (Å²) in [5, 5.41) is 8.95. The summed E-state index contributed by atoms with van der Waals surface area (Å²) in [6, 6.07) is 6.00. The van der Waals surface area contributed by atoms with Crippen molar-refractivity contribution in [2.75, 3.05) is 7.11 Å². The zero-order chi connectivity index (χ0) is 17.0. The van der Waals surface area contributed by atoms with Gasteiger partial charge in [-0.15, -0.1) is 0 Å². The van der Waals surface area contributed by atoms with Gasteiger partial charge in [-0.05, 0) is 6.07 Å². The Labute approximate surface area is 132 Å². The molecular formula is C14H10F3NO4S. The first-order chi connectivity index (χ1) is 10.8. The maximum absolute atomic E-state index is 12.6. The molecule has 122 valence electrons. The number of nitrogens with zero attached hydrogens (tertiary/aromatic N) is 1. The van der Waals surface area contributed by atoms with Crippen LogP contribution in [-0.2, 0) is 15.7 Å². The van der Waals surface area contributed by atoms with Crippen LogP contribution in [0, 0.1) is 0 Å². The van der Waals surface area contributed by atoms with Crippen LogP contribution in [0.15, 0.2) is 36.7 Å². The van der Waals surface area contributed by atoms with E-state index in [2.05, 4.69) is 4.98 Å². The quantitative estimate of drug-likeness (QED) is 0.655. The Morgan fingerprint density at radius 3 is 2.61 bits per heavy atom. The lowest BCUT2D eigenvalue weighted by molar-refractivity contribution is -0.134. The van der Waals surface area contributed by atoms with Gasteiger partial charge in [-0.3, -0.25) is 0 Å². The number of aliphatic carboxylic acids is 1. The first-order valence-corrected chi connectivity index (χ1v) is 6.91. The first-order valence-electron chi connectivity index (χ1n) is 6.09. The summed E-state index contributed by atoms with van der Waals surface area (Å²) in [5.74, 6) is -1.21. The molecule has 1 aromatic heterocycles. The standard InChI is InChI=1S/C14H10F3NO4S/c1-21-7-9(12(19)20)8-4-2-3-5-10(8)22-13-18-6-11(23-13)14(15,16)17/h2-7H,1H3,(H,19,20)/b9-7+. The van der Waals surface area contributed by atoms with E-state index in [4.69, 9.17) is 9.47 Å². The summed E-state index contributed by atoms with van der Waals surface area (Å²) in [6.07, 6.45) is -2.85. The number of thiazole rings is 1. The highest BCUT2D eigenvalue weighted by atomic mass is 32.1. The highest BCUT2D eigenvalue weighted by Gasteiger charge is 2.33. The molecule has 0 unspecified atom stereocenters. The van der Waals surface area contributed by atoms with Gasteiger partial charge in [-0.25, -0.2) is 9.78 Å². The number of methoxy groups -OCH3 is 1. The number of carboxylic acids is 1. The number of carboxylic acid groups (broad SMARTS) is 1. The molecule has 0 fully saturated rings. The van der Waals surface area contributed by atoms with E-state index in [0.29, 0.717) is 17.5 Å². The highest BCUT2D eigenvalue weighted by molar-refractivity contribution is 7.13. The van der Waals surface area contributed by atoms with Gasteiger partial charge in [0.15, 0.2) is 0 Å². The Hall–Kier alpha value is -2.55. The van der Waals surface area contributed by atoms with Crippen LogP contribution >= 0.6 is 11.3 Å². The van der Waals surface area contributed by atoms with Gasteiger partial charge in [0.05, 0.1) is 19.6 Å². The zero-order valence-electron chi connectivity index (χ0n) is 11.6. The normalized spacial score (nSPS) is 12.1. The van der Waals surface area contributed by atoms with E-state index in [1.165, 1.54) is 19.2 Å². The number of hydrogen-bond donors (Lipinski definition) is 1. The number of ether oxygens (including phenoxy) is 2. The summed E-state index contributed by atoms with van der Waals surface area (Å²) in [4.78, 5) is 13.9. The summed E-state index contributed by atoms with van der Waals surface area (Å²) >= 11 is 0.320. The maximum Gasteiger partial charge on any atom is 0.427 e. The van der Waals surface area contributed by atoms with Crippen LogP contribution in [0.4, 0.5) is 13.2 Å². The maximum atomic E-state index is 12.6. The fraction of sp³-hybridized carbons (Fsp3) is 0.143. The molecule has 0 amide bonds. The number of alkyl halides is 3. The molecule has 0 radical (unpaired) electrons. The lowest BCUT2D eigenvalue weighted by Crippen LogP contribution is -2.02. The molecule has 2 rings (SSSR count). The van der Waals surface area contributed by atoms with Crippen LogP contribution in [-0.4, -0.2) is 23.2 Å². The minimum atomic E-state index is -4.51. The second kappa shape index (κ2) is 6.69. The van der Waals surface area contributed by atoms with Gasteiger partial charge in [-0.1, -0.05) is 29.5 Å². The van der Waals surface area contributed by atoms with Crippen molar-refractivity contribution in [2.45, 2.75) is 6.18 Å². The molecule has 0 bridgehead atoms. The Kier molecular flexibility index (Phi) is 4.89. The molecule has 0 aliphatic carbocycles. The predicted octanol–water partition coefficient (Wildman–Crippen LogP) is 4.03. The molecule has 2 aromatic rings. The van der Waals surface area contributed by atoms with Crippen molar-refractivity contribution in [2.24, 2.45) is 0 Å². The molecule has 0 aliphatic rings. The van der Waals surface area contributed by atoms with Crippen LogP contribution in [0.5, 0.6) is 10.9 Å². The van der Waals surface area contributed by atoms with Gasteiger partial charge in [0.1, 0.15) is 16.2 Å². The number of halogens is 3. The Bertz CT molecular complexity index is 740. The van der Waals surface area contributed by atoms with Crippen LogP contribution in [0.3, 0.4) is 0 Å². The topological polar surface area (TPSA) is 68.7 Å².